The lowest BCUT2D eigenvalue weighted by atomic mass is 10.1. The predicted molar refractivity (Wildman–Crippen MR) is 73.9 cm³/mol. The highest BCUT2D eigenvalue weighted by atomic mass is 32.1. The zero-order chi connectivity index (χ0) is 13.5. The maximum atomic E-state index is 11.6. The second-order valence-corrected chi connectivity index (χ2v) is 4.48. The summed E-state index contributed by atoms with van der Waals surface area (Å²) in [6, 6.07) is 0. The minimum atomic E-state index is -0.436. The van der Waals surface area contributed by atoms with Crippen LogP contribution in [-0.2, 0) is 9.53 Å². The van der Waals surface area contributed by atoms with Gasteiger partial charge in [-0.2, -0.15) is 0 Å². The van der Waals surface area contributed by atoms with Gasteiger partial charge in [-0.1, -0.05) is 19.9 Å². The van der Waals surface area contributed by atoms with Crippen molar-refractivity contribution in [2.45, 2.75) is 26.7 Å². The van der Waals surface area contributed by atoms with E-state index in [2.05, 4.69) is 18.3 Å². The van der Waals surface area contributed by atoms with Crippen molar-refractivity contribution in [2.75, 3.05) is 12.4 Å². The Kier molecular flexibility index (Phi) is 5.58. The lowest BCUT2D eigenvalue weighted by Crippen LogP contribution is -2.05. The number of hydrogen-bond acceptors (Lipinski definition) is 4. The van der Waals surface area contributed by atoms with Gasteiger partial charge in [0, 0.05) is 5.38 Å². The molecule has 0 aliphatic heterocycles. The van der Waals surface area contributed by atoms with E-state index in [1.165, 1.54) is 18.4 Å². The van der Waals surface area contributed by atoms with Crippen LogP contribution in [0.3, 0.4) is 0 Å². The van der Waals surface area contributed by atoms with Crippen LogP contribution in [0.25, 0.3) is 5.57 Å². The molecule has 0 saturated carbocycles. The molecule has 1 rings (SSSR count). The zero-order valence-electron chi connectivity index (χ0n) is 10.8. The standard InChI is InChI=1S/C13H17NO3S/c1-4-6-9(5-2)12-11(14-8-15)10(7-18-12)13(16)17-3/h6-8H,4-5H2,1-3H3,(H,14,15)/b9-6+. The van der Waals surface area contributed by atoms with Gasteiger partial charge in [0.15, 0.2) is 0 Å². The molecule has 0 aliphatic rings. The number of hydrogen-bond donors (Lipinski definition) is 1. The number of ether oxygens (including phenoxy) is 1. The highest BCUT2D eigenvalue weighted by molar-refractivity contribution is 7.12. The van der Waals surface area contributed by atoms with Crippen molar-refractivity contribution in [3.05, 3.63) is 21.9 Å². The molecule has 0 radical (unpaired) electrons. The number of thiophene rings is 1. The molecule has 0 spiro atoms. The average Bonchev–Trinajstić information content (AvgIpc) is 2.79. The second-order valence-electron chi connectivity index (χ2n) is 3.60. The number of methoxy groups -OCH3 is 1. The van der Waals surface area contributed by atoms with E-state index in [9.17, 15) is 9.59 Å². The van der Waals surface area contributed by atoms with E-state index in [-0.39, 0.29) is 0 Å². The Bertz CT molecular complexity index is 463. The van der Waals surface area contributed by atoms with E-state index in [1.807, 2.05) is 6.92 Å². The Hall–Kier alpha value is -1.62. The Morgan fingerprint density at radius 2 is 2.22 bits per heavy atom. The van der Waals surface area contributed by atoms with Crippen LogP contribution in [0.1, 0.15) is 41.9 Å². The molecule has 0 atom stereocenters. The van der Waals surface area contributed by atoms with Crippen LogP contribution < -0.4 is 5.32 Å². The van der Waals surface area contributed by atoms with E-state index in [0.717, 1.165) is 23.3 Å². The van der Waals surface area contributed by atoms with Crippen LogP contribution in [0.2, 0.25) is 0 Å². The second kappa shape index (κ2) is 6.96. The minimum absolute atomic E-state index is 0.403. The van der Waals surface area contributed by atoms with Gasteiger partial charge < -0.3 is 10.1 Å². The minimum Gasteiger partial charge on any atom is -0.465 e. The summed E-state index contributed by atoms with van der Waals surface area (Å²) in [5, 5.41) is 4.32. The molecular weight excluding hydrogens is 250 g/mol. The molecule has 98 valence electrons. The van der Waals surface area contributed by atoms with Crippen molar-refractivity contribution < 1.29 is 14.3 Å². The summed E-state index contributed by atoms with van der Waals surface area (Å²) in [5.41, 5.74) is 2.07. The van der Waals surface area contributed by atoms with Crippen molar-refractivity contribution in [2.24, 2.45) is 0 Å². The molecular formula is C13H17NO3S. The van der Waals surface area contributed by atoms with Crippen LogP contribution in [0.15, 0.2) is 11.5 Å². The van der Waals surface area contributed by atoms with E-state index in [4.69, 9.17) is 4.74 Å². The van der Waals surface area contributed by atoms with E-state index < -0.39 is 5.97 Å². The first-order chi connectivity index (χ1) is 8.69. The predicted octanol–water partition coefficient (Wildman–Crippen LogP) is 3.31. The van der Waals surface area contributed by atoms with Crippen LogP contribution in [-0.4, -0.2) is 19.5 Å². The molecule has 18 heavy (non-hydrogen) atoms. The van der Waals surface area contributed by atoms with E-state index in [1.54, 1.807) is 5.38 Å². The van der Waals surface area contributed by atoms with Gasteiger partial charge in [0.05, 0.1) is 23.2 Å². The third-order valence-corrected chi connectivity index (χ3v) is 3.58. The van der Waals surface area contributed by atoms with Gasteiger partial charge in [0.2, 0.25) is 6.41 Å². The van der Waals surface area contributed by atoms with Crippen molar-refractivity contribution >= 4 is 35.0 Å². The summed E-state index contributed by atoms with van der Waals surface area (Å²) in [6.07, 6.45) is 4.44. The molecule has 5 heteroatoms. The monoisotopic (exact) mass is 267 g/mol. The third kappa shape index (κ3) is 2.98. The normalized spacial score (nSPS) is 11.2. The van der Waals surface area contributed by atoms with Crippen LogP contribution >= 0.6 is 11.3 Å². The van der Waals surface area contributed by atoms with E-state index >= 15 is 0 Å². The van der Waals surface area contributed by atoms with E-state index in [0.29, 0.717) is 17.7 Å². The summed E-state index contributed by atoms with van der Waals surface area (Å²) in [5.74, 6) is -0.436. The molecule has 1 heterocycles. The number of anilines is 1. The fraction of sp³-hybridized carbons (Fsp3) is 0.385. The van der Waals surface area contributed by atoms with Crippen LogP contribution in [0.5, 0.6) is 0 Å². The topological polar surface area (TPSA) is 55.4 Å². The van der Waals surface area contributed by atoms with Gasteiger partial charge in [0.25, 0.3) is 0 Å². The third-order valence-electron chi connectivity index (χ3n) is 2.52. The molecule has 4 nitrogen and oxygen atoms in total. The molecule has 0 saturated heterocycles. The lowest BCUT2D eigenvalue weighted by molar-refractivity contribution is -0.105. The molecule has 1 N–H and O–H groups in total. The number of nitrogens with one attached hydrogen (secondary N) is 1. The number of esters is 1. The van der Waals surface area contributed by atoms with Gasteiger partial charge >= 0.3 is 5.97 Å². The van der Waals surface area contributed by atoms with Crippen LogP contribution in [0.4, 0.5) is 5.69 Å². The number of carbonyl (C=O) groups is 2. The fourth-order valence-electron chi connectivity index (χ4n) is 1.70. The summed E-state index contributed by atoms with van der Waals surface area (Å²) in [6.45, 7) is 4.10. The number of rotatable bonds is 6. The van der Waals surface area contributed by atoms with Crippen LogP contribution in [0, 0.1) is 0 Å². The summed E-state index contributed by atoms with van der Waals surface area (Å²) in [4.78, 5) is 23.2. The zero-order valence-corrected chi connectivity index (χ0v) is 11.6. The highest BCUT2D eigenvalue weighted by Crippen LogP contribution is 2.35. The molecule has 0 bridgehead atoms. The Morgan fingerprint density at radius 3 is 2.72 bits per heavy atom. The average molecular weight is 267 g/mol. The first kappa shape index (κ1) is 14.4. The molecule has 0 fully saturated rings. The first-order valence-electron chi connectivity index (χ1n) is 5.78. The number of carbonyl (C=O) groups excluding carboxylic acids is 2. The largest absolute Gasteiger partial charge is 0.465 e. The fourth-order valence-corrected chi connectivity index (χ4v) is 2.82. The summed E-state index contributed by atoms with van der Waals surface area (Å²) in [7, 11) is 1.33. The smallest absolute Gasteiger partial charge is 0.340 e. The van der Waals surface area contributed by atoms with Gasteiger partial charge in [-0.3, -0.25) is 4.79 Å². The Morgan fingerprint density at radius 1 is 1.50 bits per heavy atom. The first-order valence-corrected chi connectivity index (χ1v) is 6.66. The highest BCUT2D eigenvalue weighted by Gasteiger charge is 2.19. The number of allylic oxidation sites excluding steroid dienone is 2. The Labute approximate surface area is 111 Å². The summed E-state index contributed by atoms with van der Waals surface area (Å²) < 4.78 is 4.70. The van der Waals surface area contributed by atoms with Crippen molar-refractivity contribution in [1.29, 1.82) is 0 Å². The molecule has 0 unspecified atom stereocenters. The van der Waals surface area contributed by atoms with Gasteiger partial charge in [-0.25, -0.2) is 4.79 Å². The SMILES string of the molecule is CC/C=C(\CC)c1scc(C(=O)OC)c1NC=O. The van der Waals surface area contributed by atoms with Gasteiger partial charge in [0.1, 0.15) is 0 Å². The van der Waals surface area contributed by atoms with Gasteiger partial charge in [-0.15, -0.1) is 11.3 Å². The number of amides is 1. The summed E-state index contributed by atoms with van der Waals surface area (Å²) >= 11 is 1.44. The lowest BCUT2D eigenvalue weighted by Gasteiger charge is -2.07. The molecule has 1 aromatic heterocycles. The van der Waals surface area contributed by atoms with Crippen molar-refractivity contribution in [3.63, 3.8) is 0 Å². The van der Waals surface area contributed by atoms with Crippen molar-refractivity contribution in [3.8, 4) is 0 Å². The Balaban J connectivity index is 3.27. The van der Waals surface area contributed by atoms with Crippen molar-refractivity contribution in [1.82, 2.24) is 0 Å². The quantitative estimate of drug-likeness (QED) is 0.635. The molecule has 1 aromatic rings. The van der Waals surface area contributed by atoms with Gasteiger partial charge in [-0.05, 0) is 18.4 Å². The maximum absolute atomic E-state index is 11.6. The molecule has 0 aromatic carbocycles. The maximum Gasteiger partial charge on any atom is 0.340 e. The molecule has 0 aliphatic carbocycles. The molecule has 1 amide bonds.